The fraction of sp³-hybridized carbons (Fsp3) is 0.231. The fourth-order valence-electron chi connectivity index (χ4n) is 2.05. The lowest BCUT2D eigenvalue weighted by Crippen LogP contribution is -2.07. The van der Waals surface area contributed by atoms with Crippen LogP contribution in [0.3, 0.4) is 0 Å². The molecule has 1 unspecified atom stereocenters. The first kappa shape index (κ1) is 12.0. The van der Waals surface area contributed by atoms with Gasteiger partial charge in [-0.05, 0) is 25.1 Å². The van der Waals surface area contributed by atoms with Gasteiger partial charge in [0.25, 0.3) is 0 Å². The lowest BCUT2D eigenvalue weighted by atomic mass is 10.3. The molecular formula is C13H12ClN5. The molecule has 0 saturated heterocycles. The van der Waals surface area contributed by atoms with Gasteiger partial charge in [-0.1, -0.05) is 0 Å². The Bertz CT molecular complexity index is 693. The lowest BCUT2D eigenvalue weighted by Gasteiger charge is -2.09. The summed E-state index contributed by atoms with van der Waals surface area (Å²) in [6.45, 7) is 2.50. The molecule has 0 aliphatic carbocycles. The van der Waals surface area contributed by atoms with E-state index in [0.717, 1.165) is 22.6 Å². The first-order chi connectivity index (χ1) is 9.25. The van der Waals surface area contributed by atoms with Crippen molar-refractivity contribution in [2.45, 2.75) is 18.8 Å². The number of halogens is 1. The third-order valence-electron chi connectivity index (χ3n) is 2.88. The smallest absolute Gasteiger partial charge is 0.128 e. The SMILES string of the molecule is CC(Cl)c1nc2cnccc2n1Cc1cccnn1. The zero-order valence-electron chi connectivity index (χ0n) is 10.4. The Morgan fingerprint density at radius 1 is 1.32 bits per heavy atom. The standard InChI is InChI=1S/C13H12ClN5/c1-9(14)13-17-11-7-15-6-4-12(11)19(13)8-10-3-2-5-16-18-10/h2-7,9H,8H2,1H3. The van der Waals surface area contributed by atoms with Crippen molar-refractivity contribution in [1.82, 2.24) is 24.7 Å². The Labute approximate surface area is 115 Å². The van der Waals surface area contributed by atoms with E-state index in [1.807, 2.05) is 25.1 Å². The van der Waals surface area contributed by atoms with Crippen LogP contribution in [-0.4, -0.2) is 24.7 Å². The summed E-state index contributed by atoms with van der Waals surface area (Å²) in [5.41, 5.74) is 2.72. The average Bonchev–Trinajstić information content (AvgIpc) is 2.79. The summed E-state index contributed by atoms with van der Waals surface area (Å²) < 4.78 is 2.05. The molecule has 0 aromatic carbocycles. The summed E-state index contributed by atoms with van der Waals surface area (Å²) in [5, 5.41) is 7.82. The van der Waals surface area contributed by atoms with Crippen molar-refractivity contribution >= 4 is 22.6 Å². The van der Waals surface area contributed by atoms with E-state index < -0.39 is 0 Å². The van der Waals surface area contributed by atoms with E-state index in [0.29, 0.717) is 6.54 Å². The van der Waals surface area contributed by atoms with Crippen LogP contribution < -0.4 is 0 Å². The Morgan fingerprint density at radius 3 is 2.95 bits per heavy atom. The van der Waals surface area contributed by atoms with E-state index in [4.69, 9.17) is 11.6 Å². The fourth-order valence-corrected chi connectivity index (χ4v) is 2.22. The third kappa shape index (κ3) is 2.29. The topological polar surface area (TPSA) is 56.5 Å². The number of hydrogen-bond acceptors (Lipinski definition) is 4. The van der Waals surface area contributed by atoms with Crippen LogP contribution >= 0.6 is 11.6 Å². The van der Waals surface area contributed by atoms with Crippen LogP contribution in [-0.2, 0) is 6.54 Å². The maximum absolute atomic E-state index is 6.21. The molecule has 0 amide bonds. The minimum absolute atomic E-state index is 0.177. The van der Waals surface area contributed by atoms with Gasteiger partial charge in [-0.3, -0.25) is 4.98 Å². The van der Waals surface area contributed by atoms with Crippen molar-refractivity contribution in [3.63, 3.8) is 0 Å². The van der Waals surface area contributed by atoms with Crippen molar-refractivity contribution in [3.05, 3.63) is 48.3 Å². The number of pyridine rings is 1. The van der Waals surface area contributed by atoms with Crippen molar-refractivity contribution in [2.75, 3.05) is 0 Å². The Hall–Kier alpha value is -2.01. The minimum atomic E-state index is -0.177. The highest BCUT2D eigenvalue weighted by Gasteiger charge is 2.15. The quantitative estimate of drug-likeness (QED) is 0.688. The van der Waals surface area contributed by atoms with Gasteiger partial charge in [-0.25, -0.2) is 4.98 Å². The molecule has 0 fully saturated rings. The van der Waals surface area contributed by atoms with E-state index in [1.54, 1.807) is 18.6 Å². The molecule has 0 aliphatic rings. The lowest BCUT2D eigenvalue weighted by molar-refractivity contribution is 0.715. The van der Waals surface area contributed by atoms with Gasteiger partial charge in [0, 0.05) is 12.4 Å². The summed E-state index contributed by atoms with van der Waals surface area (Å²) in [6, 6.07) is 5.73. The second kappa shape index (κ2) is 4.93. The number of fused-ring (bicyclic) bond motifs is 1. The Morgan fingerprint density at radius 2 is 2.21 bits per heavy atom. The largest absolute Gasteiger partial charge is 0.320 e. The predicted molar refractivity (Wildman–Crippen MR) is 72.9 cm³/mol. The molecule has 3 aromatic heterocycles. The predicted octanol–water partition coefficient (Wildman–Crippen LogP) is 2.57. The summed E-state index contributed by atoms with van der Waals surface area (Å²) in [4.78, 5) is 8.62. The van der Waals surface area contributed by atoms with Crippen molar-refractivity contribution in [1.29, 1.82) is 0 Å². The molecule has 0 aliphatic heterocycles. The highest BCUT2D eigenvalue weighted by Crippen LogP contribution is 2.24. The van der Waals surface area contributed by atoms with Crippen LogP contribution in [0.2, 0.25) is 0 Å². The summed E-state index contributed by atoms with van der Waals surface area (Å²) >= 11 is 6.21. The number of alkyl halides is 1. The molecule has 19 heavy (non-hydrogen) atoms. The van der Waals surface area contributed by atoms with Crippen LogP contribution in [0.25, 0.3) is 11.0 Å². The molecule has 0 bridgehead atoms. The van der Waals surface area contributed by atoms with Crippen LogP contribution in [0.4, 0.5) is 0 Å². The first-order valence-corrected chi connectivity index (χ1v) is 6.40. The van der Waals surface area contributed by atoms with Crippen molar-refractivity contribution < 1.29 is 0 Å². The van der Waals surface area contributed by atoms with Gasteiger partial charge in [0.2, 0.25) is 0 Å². The molecule has 3 heterocycles. The summed E-state index contributed by atoms with van der Waals surface area (Å²) in [5.74, 6) is 0.815. The zero-order chi connectivity index (χ0) is 13.2. The summed E-state index contributed by atoms with van der Waals surface area (Å²) in [7, 11) is 0. The van der Waals surface area contributed by atoms with Gasteiger partial charge in [0.1, 0.15) is 11.3 Å². The van der Waals surface area contributed by atoms with Crippen LogP contribution in [0.15, 0.2) is 36.8 Å². The Balaban J connectivity index is 2.12. The Kier molecular flexibility index (Phi) is 3.13. The second-order valence-corrected chi connectivity index (χ2v) is 4.91. The van der Waals surface area contributed by atoms with Crippen LogP contribution in [0, 0.1) is 0 Å². The van der Waals surface area contributed by atoms with Crippen LogP contribution in [0.5, 0.6) is 0 Å². The number of aromatic nitrogens is 5. The van der Waals surface area contributed by atoms with E-state index in [2.05, 4.69) is 24.7 Å². The maximum atomic E-state index is 6.21. The first-order valence-electron chi connectivity index (χ1n) is 5.96. The zero-order valence-corrected chi connectivity index (χ0v) is 11.1. The van der Waals surface area contributed by atoms with E-state index >= 15 is 0 Å². The highest BCUT2D eigenvalue weighted by atomic mass is 35.5. The van der Waals surface area contributed by atoms with Gasteiger partial charge in [0.05, 0.1) is 29.3 Å². The summed E-state index contributed by atoms with van der Waals surface area (Å²) in [6.07, 6.45) is 5.15. The van der Waals surface area contributed by atoms with Crippen molar-refractivity contribution in [3.8, 4) is 0 Å². The van der Waals surface area contributed by atoms with E-state index in [1.165, 1.54) is 0 Å². The molecule has 0 spiro atoms. The van der Waals surface area contributed by atoms with Gasteiger partial charge in [0.15, 0.2) is 0 Å². The molecule has 3 aromatic rings. The van der Waals surface area contributed by atoms with Gasteiger partial charge < -0.3 is 4.57 Å². The number of nitrogens with zero attached hydrogens (tertiary/aromatic N) is 5. The maximum Gasteiger partial charge on any atom is 0.128 e. The van der Waals surface area contributed by atoms with Gasteiger partial charge >= 0.3 is 0 Å². The molecule has 5 nitrogen and oxygen atoms in total. The minimum Gasteiger partial charge on any atom is -0.320 e. The number of hydrogen-bond donors (Lipinski definition) is 0. The second-order valence-electron chi connectivity index (χ2n) is 4.25. The van der Waals surface area contributed by atoms with E-state index in [9.17, 15) is 0 Å². The van der Waals surface area contributed by atoms with Gasteiger partial charge in [-0.2, -0.15) is 10.2 Å². The monoisotopic (exact) mass is 273 g/mol. The molecule has 0 radical (unpaired) electrons. The third-order valence-corrected chi connectivity index (χ3v) is 3.08. The molecule has 1 atom stereocenters. The highest BCUT2D eigenvalue weighted by molar-refractivity contribution is 6.20. The van der Waals surface area contributed by atoms with E-state index in [-0.39, 0.29) is 5.38 Å². The normalized spacial score (nSPS) is 12.7. The van der Waals surface area contributed by atoms with Gasteiger partial charge in [-0.15, -0.1) is 11.6 Å². The number of imidazole rings is 1. The average molecular weight is 274 g/mol. The molecule has 96 valence electrons. The molecule has 3 rings (SSSR count). The number of rotatable bonds is 3. The van der Waals surface area contributed by atoms with Crippen molar-refractivity contribution in [2.24, 2.45) is 0 Å². The molecular weight excluding hydrogens is 262 g/mol. The molecule has 0 saturated carbocycles. The van der Waals surface area contributed by atoms with Crippen LogP contribution in [0.1, 0.15) is 23.8 Å². The molecule has 6 heteroatoms. The molecule has 0 N–H and O–H groups in total.